The number of piperazine rings is 1. The fraction of sp³-hybridized carbons (Fsp3) is 0.500. The maximum Gasteiger partial charge on any atom is 0.121 e. The van der Waals surface area contributed by atoms with E-state index >= 15 is 0 Å². The van der Waals surface area contributed by atoms with Gasteiger partial charge in [0.2, 0.25) is 0 Å². The zero-order valence-electron chi connectivity index (χ0n) is 11.0. The Labute approximate surface area is 127 Å². The third-order valence-electron chi connectivity index (χ3n) is 3.28. The molecule has 1 aliphatic heterocycles. The van der Waals surface area contributed by atoms with Gasteiger partial charge in [0, 0.05) is 45.7 Å². The van der Waals surface area contributed by atoms with E-state index in [4.69, 9.17) is 0 Å². The van der Waals surface area contributed by atoms with Gasteiger partial charge in [-0.05, 0) is 5.56 Å². The first-order valence-corrected chi connectivity index (χ1v) is 6.31. The first-order valence-electron chi connectivity index (χ1n) is 6.31. The van der Waals surface area contributed by atoms with Crippen molar-refractivity contribution in [2.24, 2.45) is 0 Å². The van der Waals surface area contributed by atoms with Crippen LogP contribution in [0.1, 0.15) is 12.0 Å². The quantitative estimate of drug-likeness (QED) is 0.780. The van der Waals surface area contributed by atoms with Gasteiger partial charge in [-0.25, -0.2) is 0 Å². The van der Waals surface area contributed by atoms with Gasteiger partial charge in [-0.15, -0.1) is 24.8 Å². The third-order valence-corrected chi connectivity index (χ3v) is 3.28. The monoisotopic (exact) mass is 304 g/mol. The molecule has 0 spiro atoms. The molecule has 0 radical (unpaired) electrons. The highest BCUT2D eigenvalue weighted by molar-refractivity contribution is 5.85. The molecular weight excluding hydrogens is 283 g/mol. The van der Waals surface area contributed by atoms with Crippen molar-refractivity contribution in [2.75, 3.05) is 32.7 Å². The lowest BCUT2D eigenvalue weighted by Gasteiger charge is -2.34. The minimum Gasteiger partial charge on any atom is -0.303 e. The maximum atomic E-state index is 10.3. The van der Waals surface area contributed by atoms with Gasteiger partial charge in [0.1, 0.15) is 6.29 Å². The van der Waals surface area contributed by atoms with Gasteiger partial charge in [-0.3, -0.25) is 4.90 Å². The second-order valence-electron chi connectivity index (χ2n) is 4.56. The van der Waals surface area contributed by atoms with Gasteiger partial charge in [0.25, 0.3) is 0 Å². The predicted octanol–water partition coefficient (Wildman–Crippen LogP) is 2.24. The molecule has 0 atom stereocenters. The van der Waals surface area contributed by atoms with Gasteiger partial charge in [-0.2, -0.15) is 0 Å². The average Bonchev–Trinajstić information content (AvgIpc) is 2.39. The van der Waals surface area contributed by atoms with E-state index < -0.39 is 0 Å². The molecule has 0 aromatic heterocycles. The molecular formula is C14H22Cl2N2O. The molecule has 0 N–H and O–H groups in total. The predicted molar refractivity (Wildman–Crippen MR) is 83.3 cm³/mol. The van der Waals surface area contributed by atoms with Crippen LogP contribution in [0.5, 0.6) is 0 Å². The Kier molecular flexibility index (Phi) is 9.88. The van der Waals surface area contributed by atoms with E-state index in [9.17, 15) is 4.79 Å². The summed E-state index contributed by atoms with van der Waals surface area (Å²) in [6.07, 6.45) is 1.68. The second kappa shape index (κ2) is 10.2. The third kappa shape index (κ3) is 6.39. The molecule has 108 valence electrons. The minimum absolute atomic E-state index is 0. The average molecular weight is 305 g/mol. The molecule has 0 aliphatic carbocycles. The van der Waals surface area contributed by atoms with Crippen LogP contribution in [0.15, 0.2) is 30.3 Å². The summed E-state index contributed by atoms with van der Waals surface area (Å²) in [6.45, 7) is 6.34. The van der Waals surface area contributed by atoms with E-state index in [0.717, 1.165) is 45.6 Å². The number of hydrogen-bond acceptors (Lipinski definition) is 3. The van der Waals surface area contributed by atoms with Crippen molar-refractivity contribution in [3.05, 3.63) is 35.9 Å². The topological polar surface area (TPSA) is 23.6 Å². The molecule has 0 bridgehead atoms. The fourth-order valence-electron chi connectivity index (χ4n) is 2.25. The van der Waals surface area contributed by atoms with Crippen molar-refractivity contribution in [3.63, 3.8) is 0 Å². The molecule has 0 unspecified atom stereocenters. The fourth-order valence-corrected chi connectivity index (χ4v) is 2.25. The molecule has 1 heterocycles. The van der Waals surface area contributed by atoms with E-state index in [0.29, 0.717) is 6.42 Å². The van der Waals surface area contributed by atoms with Gasteiger partial charge >= 0.3 is 0 Å². The Hall–Kier alpha value is -0.610. The van der Waals surface area contributed by atoms with Crippen LogP contribution in [0, 0.1) is 0 Å². The molecule has 1 aromatic rings. The lowest BCUT2D eigenvalue weighted by molar-refractivity contribution is -0.108. The van der Waals surface area contributed by atoms with Crippen molar-refractivity contribution < 1.29 is 4.79 Å². The molecule has 5 heteroatoms. The largest absolute Gasteiger partial charge is 0.303 e. The van der Waals surface area contributed by atoms with E-state index in [1.807, 2.05) is 0 Å². The van der Waals surface area contributed by atoms with Gasteiger partial charge < -0.3 is 9.69 Å². The number of halogens is 2. The molecule has 0 amide bonds. The standard InChI is InChI=1S/C14H20N2O.2ClH/c17-12-4-7-15-8-10-16(11-9-15)13-14-5-2-1-3-6-14;;/h1-3,5-6,12H,4,7-11,13H2;2*1H. The zero-order valence-corrected chi connectivity index (χ0v) is 12.7. The van der Waals surface area contributed by atoms with Crippen molar-refractivity contribution in [1.82, 2.24) is 9.80 Å². The van der Waals surface area contributed by atoms with Crippen LogP contribution >= 0.6 is 24.8 Å². The second-order valence-corrected chi connectivity index (χ2v) is 4.56. The smallest absolute Gasteiger partial charge is 0.121 e. The molecule has 1 aliphatic rings. The Morgan fingerprint density at radius 3 is 2.11 bits per heavy atom. The Balaban J connectivity index is 0.00000162. The molecule has 3 nitrogen and oxygen atoms in total. The summed E-state index contributed by atoms with van der Waals surface area (Å²) >= 11 is 0. The van der Waals surface area contributed by atoms with Crippen LogP contribution in [-0.2, 0) is 11.3 Å². The first-order chi connectivity index (χ1) is 8.38. The Bertz CT molecular complexity index is 341. The first kappa shape index (κ1) is 18.4. The summed E-state index contributed by atoms with van der Waals surface area (Å²) in [5.41, 5.74) is 1.38. The van der Waals surface area contributed by atoms with Crippen LogP contribution < -0.4 is 0 Å². The number of benzene rings is 1. The highest BCUT2D eigenvalue weighted by atomic mass is 35.5. The Morgan fingerprint density at radius 1 is 0.947 bits per heavy atom. The van der Waals surface area contributed by atoms with Gasteiger partial charge in [0.15, 0.2) is 0 Å². The van der Waals surface area contributed by atoms with Crippen molar-refractivity contribution in [1.29, 1.82) is 0 Å². The normalized spacial score (nSPS) is 16.2. The van der Waals surface area contributed by atoms with Crippen LogP contribution in [0.4, 0.5) is 0 Å². The van der Waals surface area contributed by atoms with E-state index in [1.54, 1.807) is 0 Å². The lowest BCUT2D eigenvalue weighted by Crippen LogP contribution is -2.46. The zero-order chi connectivity index (χ0) is 11.9. The molecule has 1 aromatic carbocycles. The van der Waals surface area contributed by atoms with E-state index in [1.165, 1.54) is 5.56 Å². The number of aldehydes is 1. The van der Waals surface area contributed by atoms with Crippen molar-refractivity contribution in [3.8, 4) is 0 Å². The maximum absolute atomic E-state index is 10.3. The van der Waals surface area contributed by atoms with Gasteiger partial charge in [0.05, 0.1) is 0 Å². The molecule has 0 saturated carbocycles. The van der Waals surface area contributed by atoms with Crippen LogP contribution in [-0.4, -0.2) is 48.8 Å². The summed E-state index contributed by atoms with van der Waals surface area (Å²) in [6, 6.07) is 10.6. The molecule has 19 heavy (non-hydrogen) atoms. The summed E-state index contributed by atoms with van der Waals surface area (Å²) in [7, 11) is 0. The van der Waals surface area contributed by atoms with E-state index in [2.05, 4.69) is 40.1 Å². The van der Waals surface area contributed by atoms with Crippen LogP contribution in [0.3, 0.4) is 0 Å². The highest BCUT2D eigenvalue weighted by Gasteiger charge is 2.15. The van der Waals surface area contributed by atoms with E-state index in [-0.39, 0.29) is 24.8 Å². The highest BCUT2D eigenvalue weighted by Crippen LogP contribution is 2.08. The molecule has 1 fully saturated rings. The summed E-state index contributed by atoms with van der Waals surface area (Å²) < 4.78 is 0. The van der Waals surface area contributed by atoms with Crippen LogP contribution in [0.2, 0.25) is 0 Å². The number of rotatable bonds is 5. The summed E-state index contributed by atoms with van der Waals surface area (Å²) in [5, 5.41) is 0. The number of hydrogen-bond donors (Lipinski definition) is 0. The SMILES string of the molecule is Cl.Cl.O=CCCN1CCN(Cc2ccccc2)CC1. The number of carbonyl (C=O) groups is 1. The number of carbonyl (C=O) groups excluding carboxylic acids is 1. The van der Waals surface area contributed by atoms with Crippen LogP contribution in [0.25, 0.3) is 0 Å². The molecule has 2 rings (SSSR count). The Morgan fingerprint density at radius 2 is 1.53 bits per heavy atom. The van der Waals surface area contributed by atoms with Gasteiger partial charge in [-0.1, -0.05) is 30.3 Å². The summed E-state index contributed by atoms with van der Waals surface area (Å²) in [5.74, 6) is 0. The minimum atomic E-state index is 0. The summed E-state index contributed by atoms with van der Waals surface area (Å²) in [4.78, 5) is 15.2. The number of nitrogens with zero attached hydrogens (tertiary/aromatic N) is 2. The van der Waals surface area contributed by atoms with Crippen molar-refractivity contribution >= 4 is 31.1 Å². The lowest BCUT2D eigenvalue weighted by atomic mass is 10.2. The van der Waals surface area contributed by atoms with Crippen molar-refractivity contribution in [2.45, 2.75) is 13.0 Å². The molecule has 1 saturated heterocycles.